The molecule has 1 N–H and O–H groups in total. The summed E-state index contributed by atoms with van der Waals surface area (Å²) in [5.74, 6) is -1.40. The van der Waals surface area contributed by atoms with E-state index in [1.54, 1.807) is 25.1 Å². The van der Waals surface area contributed by atoms with Crippen LogP contribution in [0.4, 0.5) is 24.5 Å². The smallest absolute Gasteiger partial charge is 0.326 e. The number of amides is 2. The Morgan fingerprint density at radius 2 is 1.96 bits per heavy atom. The number of alkyl halides is 3. The number of benzene rings is 2. The molecule has 3 rings (SSSR count). The van der Waals surface area contributed by atoms with Crippen LogP contribution in [0.3, 0.4) is 0 Å². The van der Waals surface area contributed by atoms with E-state index in [4.69, 9.17) is 11.6 Å². The number of carbonyl (C=O) groups excluding carboxylic acids is 2. The van der Waals surface area contributed by atoms with Gasteiger partial charge in [0, 0.05) is 29.4 Å². The fourth-order valence-corrected chi connectivity index (χ4v) is 3.21. The van der Waals surface area contributed by atoms with Crippen molar-refractivity contribution >= 4 is 34.8 Å². The normalized spacial score (nSPS) is 17.3. The average molecular weight is 397 g/mol. The molecule has 0 spiro atoms. The first-order valence-corrected chi connectivity index (χ1v) is 8.57. The van der Waals surface area contributed by atoms with Crippen LogP contribution >= 0.6 is 11.6 Å². The van der Waals surface area contributed by atoms with Crippen molar-refractivity contribution in [2.75, 3.05) is 16.8 Å². The van der Waals surface area contributed by atoms with Gasteiger partial charge >= 0.3 is 6.18 Å². The molecule has 2 aromatic rings. The number of aryl methyl sites for hydroxylation is 1. The van der Waals surface area contributed by atoms with E-state index in [0.29, 0.717) is 10.7 Å². The van der Waals surface area contributed by atoms with Gasteiger partial charge in [0.25, 0.3) is 0 Å². The minimum absolute atomic E-state index is 0.0264. The Bertz CT molecular complexity index is 899. The summed E-state index contributed by atoms with van der Waals surface area (Å²) in [5.41, 5.74) is 0.648. The van der Waals surface area contributed by atoms with Crippen LogP contribution < -0.4 is 10.2 Å². The van der Waals surface area contributed by atoms with Crippen molar-refractivity contribution < 1.29 is 22.8 Å². The topological polar surface area (TPSA) is 49.4 Å². The summed E-state index contributed by atoms with van der Waals surface area (Å²) in [7, 11) is 0. The third-order valence-electron chi connectivity index (χ3n) is 4.43. The number of nitrogens with one attached hydrogen (secondary N) is 1. The number of hydrogen-bond donors (Lipinski definition) is 1. The molecule has 1 unspecified atom stereocenters. The predicted octanol–water partition coefficient (Wildman–Crippen LogP) is 4.66. The van der Waals surface area contributed by atoms with Gasteiger partial charge < -0.3 is 10.2 Å². The molecule has 1 atom stereocenters. The second-order valence-electron chi connectivity index (χ2n) is 6.40. The second-order valence-corrected chi connectivity index (χ2v) is 6.84. The summed E-state index contributed by atoms with van der Waals surface area (Å²) >= 11 is 5.89. The minimum atomic E-state index is -4.50. The van der Waals surface area contributed by atoms with Gasteiger partial charge in [-0.25, -0.2) is 0 Å². The standard InChI is InChI=1S/C19H16ClF3N2O2/c1-11-7-14(20)5-6-16(11)24-18(27)12-8-17(26)25(10-12)15-4-2-3-13(9-15)19(21,22)23/h2-7,9,12H,8,10H2,1H3,(H,24,27). The molecule has 1 aliphatic rings. The van der Waals surface area contributed by atoms with E-state index < -0.39 is 17.7 Å². The molecule has 0 radical (unpaired) electrons. The maximum absolute atomic E-state index is 12.9. The Balaban J connectivity index is 1.74. The van der Waals surface area contributed by atoms with Gasteiger partial charge in [0.15, 0.2) is 0 Å². The molecule has 27 heavy (non-hydrogen) atoms. The predicted molar refractivity (Wildman–Crippen MR) is 96.7 cm³/mol. The first kappa shape index (κ1) is 19.2. The van der Waals surface area contributed by atoms with E-state index in [-0.39, 0.29) is 30.5 Å². The van der Waals surface area contributed by atoms with Crippen LogP contribution in [0, 0.1) is 12.8 Å². The average Bonchev–Trinajstić information content (AvgIpc) is 2.99. The molecule has 1 heterocycles. The SMILES string of the molecule is Cc1cc(Cl)ccc1NC(=O)C1CC(=O)N(c2cccc(C(F)(F)F)c2)C1. The molecule has 2 amide bonds. The lowest BCUT2D eigenvalue weighted by atomic mass is 10.1. The number of nitrogens with zero attached hydrogens (tertiary/aromatic N) is 1. The highest BCUT2D eigenvalue weighted by molar-refractivity contribution is 6.30. The van der Waals surface area contributed by atoms with Crippen LogP contribution in [0.2, 0.25) is 5.02 Å². The lowest BCUT2D eigenvalue weighted by molar-refractivity contribution is -0.137. The quantitative estimate of drug-likeness (QED) is 0.820. The Hall–Kier alpha value is -2.54. The van der Waals surface area contributed by atoms with Gasteiger partial charge in [-0.2, -0.15) is 13.2 Å². The van der Waals surface area contributed by atoms with Crippen molar-refractivity contribution in [1.82, 2.24) is 0 Å². The van der Waals surface area contributed by atoms with Gasteiger partial charge in [-0.05, 0) is 48.9 Å². The highest BCUT2D eigenvalue weighted by atomic mass is 35.5. The molecule has 142 valence electrons. The molecule has 1 aliphatic heterocycles. The molecule has 8 heteroatoms. The van der Waals surface area contributed by atoms with Crippen molar-refractivity contribution in [3.8, 4) is 0 Å². The highest BCUT2D eigenvalue weighted by Crippen LogP contribution is 2.33. The maximum atomic E-state index is 12.9. The number of carbonyl (C=O) groups is 2. The van der Waals surface area contributed by atoms with Gasteiger partial charge in [-0.3, -0.25) is 9.59 Å². The summed E-state index contributed by atoms with van der Waals surface area (Å²) in [4.78, 5) is 26.0. The van der Waals surface area contributed by atoms with Crippen molar-refractivity contribution in [3.63, 3.8) is 0 Å². The number of halogens is 4. The van der Waals surface area contributed by atoms with Gasteiger partial charge in [-0.15, -0.1) is 0 Å². The highest BCUT2D eigenvalue weighted by Gasteiger charge is 2.37. The largest absolute Gasteiger partial charge is 0.416 e. The Morgan fingerprint density at radius 3 is 2.63 bits per heavy atom. The van der Waals surface area contributed by atoms with Crippen LogP contribution in [0.15, 0.2) is 42.5 Å². The molecule has 1 saturated heterocycles. The van der Waals surface area contributed by atoms with Crippen LogP contribution in [0.1, 0.15) is 17.5 Å². The molecular weight excluding hydrogens is 381 g/mol. The summed E-state index contributed by atoms with van der Waals surface area (Å²) in [5, 5.41) is 3.29. The second kappa shape index (κ2) is 7.23. The lowest BCUT2D eigenvalue weighted by Crippen LogP contribution is -2.28. The minimum Gasteiger partial charge on any atom is -0.326 e. The summed E-state index contributed by atoms with van der Waals surface area (Å²) in [6, 6.07) is 9.54. The van der Waals surface area contributed by atoms with Crippen LogP contribution in [0.5, 0.6) is 0 Å². The Labute approximate surface area is 158 Å². The zero-order valence-corrected chi connectivity index (χ0v) is 15.1. The number of rotatable bonds is 3. The lowest BCUT2D eigenvalue weighted by Gasteiger charge is -2.18. The molecule has 0 saturated carbocycles. The Kier molecular flexibility index (Phi) is 5.15. The van der Waals surface area contributed by atoms with E-state index in [1.165, 1.54) is 17.0 Å². The molecule has 2 aromatic carbocycles. The van der Waals surface area contributed by atoms with Crippen LogP contribution in [-0.2, 0) is 15.8 Å². The fourth-order valence-electron chi connectivity index (χ4n) is 2.98. The first-order valence-electron chi connectivity index (χ1n) is 8.20. The molecular formula is C19H16ClF3N2O2. The molecule has 0 aliphatic carbocycles. The number of hydrogen-bond acceptors (Lipinski definition) is 2. The van der Waals surface area contributed by atoms with E-state index in [2.05, 4.69) is 5.32 Å². The molecule has 4 nitrogen and oxygen atoms in total. The summed E-state index contributed by atoms with van der Waals surface area (Å²) in [6.45, 7) is 1.81. The zero-order valence-electron chi connectivity index (χ0n) is 14.3. The third kappa shape index (κ3) is 4.24. The van der Waals surface area contributed by atoms with Crippen molar-refractivity contribution in [2.45, 2.75) is 19.5 Å². The Morgan fingerprint density at radius 1 is 1.22 bits per heavy atom. The van der Waals surface area contributed by atoms with E-state index >= 15 is 0 Å². The van der Waals surface area contributed by atoms with Crippen LogP contribution in [-0.4, -0.2) is 18.4 Å². The zero-order chi connectivity index (χ0) is 19.8. The van der Waals surface area contributed by atoms with Gasteiger partial charge in [0.2, 0.25) is 11.8 Å². The van der Waals surface area contributed by atoms with Gasteiger partial charge in [-0.1, -0.05) is 17.7 Å². The van der Waals surface area contributed by atoms with Gasteiger partial charge in [0.1, 0.15) is 0 Å². The fraction of sp³-hybridized carbons (Fsp3) is 0.263. The molecule has 1 fully saturated rings. The first-order chi connectivity index (χ1) is 12.6. The summed E-state index contributed by atoms with van der Waals surface area (Å²) in [6.07, 6.45) is -4.56. The molecule has 0 bridgehead atoms. The van der Waals surface area contributed by atoms with Gasteiger partial charge in [0.05, 0.1) is 11.5 Å². The monoisotopic (exact) mass is 396 g/mol. The van der Waals surface area contributed by atoms with E-state index in [1.807, 2.05) is 0 Å². The van der Waals surface area contributed by atoms with E-state index in [9.17, 15) is 22.8 Å². The van der Waals surface area contributed by atoms with Crippen LogP contribution in [0.25, 0.3) is 0 Å². The number of anilines is 2. The third-order valence-corrected chi connectivity index (χ3v) is 4.66. The maximum Gasteiger partial charge on any atom is 0.416 e. The van der Waals surface area contributed by atoms with Crippen molar-refractivity contribution in [2.24, 2.45) is 5.92 Å². The molecule has 0 aromatic heterocycles. The van der Waals surface area contributed by atoms with Crippen molar-refractivity contribution in [3.05, 3.63) is 58.6 Å². The van der Waals surface area contributed by atoms with Crippen molar-refractivity contribution in [1.29, 1.82) is 0 Å². The van der Waals surface area contributed by atoms with E-state index in [0.717, 1.165) is 17.7 Å². The summed E-state index contributed by atoms with van der Waals surface area (Å²) < 4.78 is 38.7.